The summed E-state index contributed by atoms with van der Waals surface area (Å²) in [6, 6.07) is -0.971. The van der Waals surface area contributed by atoms with E-state index in [0.29, 0.717) is 72.4 Å². The number of nitrogens with zero attached hydrogens (tertiary/aromatic N) is 11. The molecule has 5 aromatic rings. The molecule has 6 aliphatic rings. The molecular weight excluding hydrogens is 1130 g/mol. The highest BCUT2D eigenvalue weighted by Crippen LogP contribution is 2.58. The number of morpholine rings is 3. The lowest BCUT2D eigenvalue weighted by atomic mass is 9.96. The molecule has 6 aliphatic heterocycles. The van der Waals surface area contributed by atoms with E-state index in [0.717, 1.165) is 5.13 Å². The fourth-order valence-corrected chi connectivity index (χ4v) is 15.1. The van der Waals surface area contributed by atoms with Crippen molar-refractivity contribution in [1.29, 1.82) is 0 Å². The second-order valence-corrected chi connectivity index (χ2v) is 24.9. The van der Waals surface area contributed by atoms with Crippen LogP contribution < -0.4 is 48.9 Å². The zero-order valence-corrected chi connectivity index (χ0v) is 50.3. The lowest BCUT2D eigenvalue weighted by Gasteiger charge is -2.38. The van der Waals surface area contributed by atoms with Crippen LogP contribution in [0.3, 0.4) is 0 Å². The van der Waals surface area contributed by atoms with E-state index in [9.17, 15) is 39.0 Å². The van der Waals surface area contributed by atoms with Crippen molar-refractivity contribution in [3.63, 3.8) is 0 Å². The van der Waals surface area contributed by atoms with Crippen molar-refractivity contribution in [2.24, 2.45) is 0 Å². The second-order valence-electron chi connectivity index (χ2n) is 22.0. The maximum Gasteiger partial charge on any atom is 0.330 e. The zero-order valence-electron chi connectivity index (χ0n) is 47.8. The van der Waals surface area contributed by atoms with E-state index in [1.165, 1.54) is 49.2 Å². The SMILES string of the molecule is CC[C@@]12CN(c3nc(C)ns3)[C@@H]([C@H](n3cc(C)c(=O)[nH]c3=O)O1)[C@@H]2O.CC[C@@]12CN[C@@H]([C@H](n3cc(C)c(=O)[nH]c3=O)O1)[C@@H]2O.[C-]#[N+]CCOP(O[C@H]1[C@@H]2[C@H](n3cc(C)c(=O)[nH]c3=O)O[C@@]1(CC)CN2c1nc(C)ns1)N(C(C)C)C(C)C. The number of aryl methyl sites for hydroxylation is 5. The number of fused-ring (bicyclic) bond motifs is 6. The number of aromatic nitrogens is 10. The molecule has 0 saturated carbocycles. The molecule has 0 radical (unpaired) electrons. The van der Waals surface area contributed by atoms with Crippen molar-refractivity contribution in [1.82, 2.24) is 57.4 Å². The average Bonchev–Trinajstić information content (AvgIpc) is 1.83. The number of ether oxygens (including phenoxy) is 3. The van der Waals surface area contributed by atoms with E-state index in [1.54, 1.807) is 27.0 Å². The third-order valence-electron chi connectivity index (χ3n) is 16.2. The minimum Gasteiger partial charge on any atom is -0.388 e. The van der Waals surface area contributed by atoms with Crippen molar-refractivity contribution in [2.75, 3.05) is 42.6 Å². The number of hydrogen-bond donors (Lipinski definition) is 6. The molecule has 446 valence electrons. The van der Waals surface area contributed by atoms with Crippen LogP contribution in [0.25, 0.3) is 4.85 Å². The summed E-state index contributed by atoms with van der Waals surface area (Å²) < 4.78 is 46.7. The van der Waals surface area contributed by atoms with Gasteiger partial charge in [-0.05, 0) is 81.6 Å². The highest BCUT2D eigenvalue weighted by molar-refractivity contribution is 7.44. The van der Waals surface area contributed by atoms with Gasteiger partial charge in [0.25, 0.3) is 25.2 Å². The topological polar surface area (TPSA) is 329 Å². The van der Waals surface area contributed by atoms with Crippen molar-refractivity contribution in [3.8, 4) is 0 Å². The largest absolute Gasteiger partial charge is 0.388 e. The Hall–Kier alpha value is -5.68. The Morgan fingerprint density at radius 3 is 1.56 bits per heavy atom. The predicted octanol–water partition coefficient (Wildman–Crippen LogP) is 2.03. The van der Waals surface area contributed by atoms with Crippen LogP contribution in [0.5, 0.6) is 0 Å². The van der Waals surface area contributed by atoms with Gasteiger partial charge < -0.3 is 53.4 Å². The molecule has 6 bridgehead atoms. The van der Waals surface area contributed by atoms with Gasteiger partial charge in [0.2, 0.25) is 16.8 Å². The van der Waals surface area contributed by atoms with Crippen LogP contribution in [-0.4, -0.2) is 160 Å². The highest BCUT2D eigenvalue weighted by atomic mass is 32.1. The molecule has 0 amide bonds. The minimum absolute atomic E-state index is 0.133. The first kappa shape index (κ1) is 60.9. The first-order chi connectivity index (χ1) is 38.9. The number of nitrogens with one attached hydrogen (secondary N) is 4. The standard InChI is InChI=1S/C24H36N7O5PS.C15H19N5O4S.C12H17N3O4/c1-9-24-13-30(23-26-17(7)28-38-23)18(21(35-24)29-12-16(6)20(32)27-22(29)33)19(24)36-37(34-11-10-25-8)31(14(2)3)15(4)5;1-4-15-6-20(14-16-8(3)18-25-14)9(10(15)21)12(24-15)19-5-7(2)11(22)17-13(19)23;1-3-12-5-13-7(8(12)16)10(19-12)15-4-6(2)9(17)14-11(15)18/h12,14-15,18-19,21H,9-11,13H2,1-7H3,(H,27,32,33);5,9-10,12,21H,4,6H2,1-3H3,(H,17,22,23);4,7-8,10,13,16H,3,5H2,1-2H3,(H,14,17,18)/t18-,19+,21-,24+,37?;9-,10+,12-,15+;7-,8+,10-,12+/m111/s1. The molecule has 13 atom stereocenters. The van der Waals surface area contributed by atoms with Crippen molar-refractivity contribution < 1.29 is 33.5 Å². The van der Waals surface area contributed by atoms with Gasteiger partial charge in [0.1, 0.15) is 65.5 Å². The fourth-order valence-electron chi connectivity index (χ4n) is 11.8. The van der Waals surface area contributed by atoms with Crippen LogP contribution in [-0.2, 0) is 23.3 Å². The number of aliphatic hydroxyl groups is 2. The van der Waals surface area contributed by atoms with Gasteiger partial charge in [0, 0.05) is 77.0 Å². The lowest BCUT2D eigenvalue weighted by Crippen LogP contribution is -2.48. The average molecular weight is 1200 g/mol. The molecule has 28 nitrogen and oxygen atoms in total. The normalized spacial score (nSPS) is 29.9. The first-order valence-electron chi connectivity index (χ1n) is 27.3. The number of H-pyrrole nitrogens is 3. The summed E-state index contributed by atoms with van der Waals surface area (Å²) in [5, 5.41) is 25.7. The van der Waals surface area contributed by atoms with E-state index < -0.39 is 108 Å². The summed E-state index contributed by atoms with van der Waals surface area (Å²) in [5.41, 5.74) is -3.80. The molecular formula is C51H72N15O13PS2. The van der Waals surface area contributed by atoms with E-state index >= 15 is 0 Å². The maximum absolute atomic E-state index is 13.0. The van der Waals surface area contributed by atoms with Gasteiger partial charge in [-0.3, -0.25) is 43.0 Å². The molecule has 82 heavy (non-hydrogen) atoms. The van der Waals surface area contributed by atoms with Gasteiger partial charge >= 0.3 is 17.1 Å². The molecule has 31 heteroatoms. The summed E-state index contributed by atoms with van der Waals surface area (Å²) in [6.45, 7) is 32.1. The van der Waals surface area contributed by atoms with Gasteiger partial charge in [-0.1, -0.05) is 20.8 Å². The number of rotatable bonds is 16. The van der Waals surface area contributed by atoms with Crippen molar-refractivity contribution in [2.45, 2.75) is 186 Å². The highest BCUT2D eigenvalue weighted by Gasteiger charge is 2.67. The van der Waals surface area contributed by atoms with Crippen LogP contribution in [0.4, 0.5) is 10.3 Å². The van der Waals surface area contributed by atoms with E-state index in [-0.39, 0.29) is 31.3 Å². The molecule has 0 aromatic carbocycles. The maximum atomic E-state index is 13.0. The van der Waals surface area contributed by atoms with E-state index in [1.807, 2.05) is 39.5 Å². The molecule has 11 rings (SSSR count). The lowest BCUT2D eigenvalue weighted by molar-refractivity contribution is -0.112. The summed E-state index contributed by atoms with van der Waals surface area (Å²) in [6.07, 6.45) is 2.43. The van der Waals surface area contributed by atoms with Crippen LogP contribution in [0.2, 0.25) is 0 Å². The third kappa shape index (κ3) is 10.9. The minimum atomic E-state index is -1.56. The second kappa shape index (κ2) is 23.8. The Labute approximate surface area is 480 Å². The Bertz CT molecular complexity index is 3550. The Balaban J connectivity index is 0.000000158. The summed E-state index contributed by atoms with van der Waals surface area (Å²) in [7, 11) is -1.56. The predicted molar refractivity (Wildman–Crippen MR) is 304 cm³/mol. The first-order valence-corrected chi connectivity index (χ1v) is 30.0. The van der Waals surface area contributed by atoms with Crippen LogP contribution in [0.15, 0.2) is 47.4 Å². The molecule has 0 spiro atoms. The fraction of sp³-hybridized carbons (Fsp3) is 0.667. The van der Waals surface area contributed by atoms with Crippen LogP contribution in [0, 0.1) is 41.2 Å². The molecule has 6 N–H and O–H groups in total. The number of anilines is 2. The van der Waals surface area contributed by atoms with Gasteiger partial charge in [0.05, 0.1) is 19.1 Å². The van der Waals surface area contributed by atoms with Crippen LogP contribution in [0.1, 0.15) is 115 Å². The summed E-state index contributed by atoms with van der Waals surface area (Å²) in [5.74, 6) is 1.33. The van der Waals surface area contributed by atoms with Crippen LogP contribution >= 0.6 is 31.6 Å². The quantitative estimate of drug-likeness (QED) is 0.0468. The van der Waals surface area contributed by atoms with Gasteiger partial charge in [-0.15, -0.1) is 0 Å². The number of aromatic amines is 3. The smallest absolute Gasteiger partial charge is 0.330 e. The Kier molecular flexibility index (Phi) is 17.6. The van der Waals surface area contributed by atoms with Gasteiger partial charge in [-0.25, -0.2) is 35.6 Å². The van der Waals surface area contributed by atoms with Gasteiger partial charge in [0.15, 0.2) is 18.7 Å². The van der Waals surface area contributed by atoms with E-state index in [4.69, 9.17) is 29.8 Å². The summed E-state index contributed by atoms with van der Waals surface area (Å²) >= 11 is 2.55. The van der Waals surface area contributed by atoms with Crippen molar-refractivity contribution in [3.05, 3.63) is 121 Å². The molecule has 1 unspecified atom stereocenters. The molecule has 6 saturated heterocycles. The summed E-state index contributed by atoms with van der Waals surface area (Å²) in [4.78, 5) is 95.8. The third-order valence-corrected chi connectivity index (χ3v) is 20.0. The van der Waals surface area contributed by atoms with Gasteiger partial charge in [-0.2, -0.15) is 8.75 Å². The number of aliphatic hydroxyl groups excluding tert-OH is 2. The van der Waals surface area contributed by atoms with E-state index in [2.05, 4.69) is 81.1 Å². The zero-order chi connectivity index (χ0) is 59.5. The Morgan fingerprint density at radius 2 is 1.13 bits per heavy atom. The molecule has 6 fully saturated rings. The number of hydrogen-bond acceptors (Lipinski definition) is 23. The molecule has 5 aromatic heterocycles. The Morgan fingerprint density at radius 1 is 0.695 bits per heavy atom. The molecule has 11 heterocycles. The molecule has 0 aliphatic carbocycles. The van der Waals surface area contributed by atoms with Crippen molar-refractivity contribution >= 4 is 41.9 Å². The monoisotopic (exact) mass is 1200 g/mol.